The summed E-state index contributed by atoms with van der Waals surface area (Å²) in [4.78, 5) is 5.08. The fraction of sp³-hybridized carbons (Fsp3) is 0.300. The molecule has 2 rings (SSSR count). The molecule has 0 aliphatic carbocycles. The predicted octanol–water partition coefficient (Wildman–Crippen LogP) is 2.81. The zero-order valence-corrected chi connectivity index (χ0v) is 10.6. The van der Waals surface area contributed by atoms with Crippen LogP contribution in [0.15, 0.2) is 28.3 Å². The van der Waals surface area contributed by atoms with Gasteiger partial charge in [-0.25, -0.2) is 4.98 Å². The second-order valence-electron chi connectivity index (χ2n) is 3.14. The van der Waals surface area contributed by atoms with Crippen LogP contribution in [0.2, 0.25) is 0 Å². The molecule has 2 aromatic rings. The fourth-order valence-corrected chi connectivity index (χ4v) is 2.86. The van der Waals surface area contributed by atoms with Gasteiger partial charge in [0.2, 0.25) is 0 Å². The number of aliphatic hydroxyl groups is 1. The molecule has 1 atom stereocenters. The molecule has 2 aromatic heterocycles. The molecule has 3 nitrogen and oxygen atoms in total. The van der Waals surface area contributed by atoms with Gasteiger partial charge in [0.05, 0.1) is 0 Å². The number of hydrogen-bond donors (Lipinski definition) is 1. The first-order chi connectivity index (χ1) is 7.22. The highest BCUT2D eigenvalue weighted by molar-refractivity contribution is 9.10. The van der Waals surface area contributed by atoms with E-state index in [0.717, 1.165) is 15.9 Å². The molecule has 0 radical (unpaired) electrons. The van der Waals surface area contributed by atoms with E-state index in [2.05, 4.69) is 20.9 Å². The summed E-state index contributed by atoms with van der Waals surface area (Å²) < 4.78 is 2.94. The van der Waals surface area contributed by atoms with Crippen LogP contribution < -0.4 is 0 Å². The van der Waals surface area contributed by atoms with E-state index in [0.29, 0.717) is 5.82 Å². The summed E-state index contributed by atoms with van der Waals surface area (Å²) in [6.45, 7) is 2.85. The van der Waals surface area contributed by atoms with Crippen LogP contribution in [0.5, 0.6) is 0 Å². The van der Waals surface area contributed by atoms with Gasteiger partial charge in [-0.15, -0.1) is 11.3 Å². The van der Waals surface area contributed by atoms with E-state index in [1.165, 1.54) is 11.3 Å². The fourth-order valence-electron chi connectivity index (χ4n) is 1.43. The second kappa shape index (κ2) is 4.47. The van der Waals surface area contributed by atoms with Gasteiger partial charge in [-0.3, -0.25) is 0 Å². The number of aromatic nitrogens is 2. The predicted molar refractivity (Wildman–Crippen MR) is 64.0 cm³/mol. The van der Waals surface area contributed by atoms with Gasteiger partial charge < -0.3 is 9.67 Å². The first kappa shape index (κ1) is 10.9. The van der Waals surface area contributed by atoms with Gasteiger partial charge in [0.15, 0.2) is 0 Å². The van der Waals surface area contributed by atoms with Crippen molar-refractivity contribution in [3.8, 4) is 0 Å². The maximum absolute atomic E-state index is 10.1. The highest BCUT2D eigenvalue weighted by Gasteiger charge is 2.17. The molecule has 0 amide bonds. The van der Waals surface area contributed by atoms with Crippen LogP contribution in [0.3, 0.4) is 0 Å². The van der Waals surface area contributed by atoms with E-state index >= 15 is 0 Å². The number of imidazole rings is 1. The van der Waals surface area contributed by atoms with E-state index < -0.39 is 6.10 Å². The van der Waals surface area contributed by atoms with E-state index in [9.17, 15) is 5.11 Å². The van der Waals surface area contributed by atoms with E-state index in [4.69, 9.17) is 0 Å². The Morgan fingerprint density at radius 3 is 3.07 bits per heavy atom. The van der Waals surface area contributed by atoms with Crippen LogP contribution in [0.25, 0.3) is 0 Å². The van der Waals surface area contributed by atoms with Crippen molar-refractivity contribution in [2.45, 2.75) is 19.6 Å². The molecule has 0 bridgehead atoms. The Morgan fingerprint density at radius 1 is 1.67 bits per heavy atom. The minimum absolute atomic E-state index is 0.628. The average Bonchev–Trinajstić information content (AvgIpc) is 2.84. The number of rotatable bonds is 3. The Labute approximate surface area is 101 Å². The molecule has 5 heteroatoms. The Hall–Kier alpha value is -0.650. The van der Waals surface area contributed by atoms with Gasteiger partial charge in [0.1, 0.15) is 11.9 Å². The molecule has 0 spiro atoms. The van der Waals surface area contributed by atoms with E-state index in [1.54, 1.807) is 6.20 Å². The SMILES string of the molecule is CCn1ccnc1C(O)c1cc(Br)cs1. The summed E-state index contributed by atoms with van der Waals surface area (Å²) >= 11 is 4.90. The van der Waals surface area contributed by atoms with Crippen molar-refractivity contribution in [2.24, 2.45) is 0 Å². The molecule has 0 aliphatic rings. The van der Waals surface area contributed by atoms with Crippen LogP contribution >= 0.6 is 27.3 Å². The van der Waals surface area contributed by atoms with Crippen LogP contribution in [-0.4, -0.2) is 14.7 Å². The number of aryl methyl sites for hydroxylation is 1. The molecule has 0 fully saturated rings. The molecular formula is C10H11BrN2OS. The van der Waals surface area contributed by atoms with Crippen molar-refractivity contribution in [3.63, 3.8) is 0 Å². The van der Waals surface area contributed by atoms with E-state index in [1.807, 2.05) is 29.1 Å². The minimum atomic E-state index is -0.628. The standard InChI is InChI=1S/C10H11BrN2OS/c1-2-13-4-3-12-10(13)9(14)8-5-7(11)6-15-8/h3-6,9,14H,2H2,1H3. The number of aliphatic hydroxyl groups excluding tert-OH is 1. The smallest absolute Gasteiger partial charge is 0.146 e. The number of halogens is 1. The summed E-state index contributed by atoms with van der Waals surface area (Å²) in [5.41, 5.74) is 0. The van der Waals surface area contributed by atoms with Gasteiger partial charge in [-0.05, 0) is 28.9 Å². The second-order valence-corrected chi connectivity index (χ2v) is 5.00. The Kier molecular flexibility index (Phi) is 3.23. The lowest BCUT2D eigenvalue weighted by atomic mass is 10.3. The normalized spacial score (nSPS) is 13.0. The maximum Gasteiger partial charge on any atom is 0.146 e. The molecule has 15 heavy (non-hydrogen) atoms. The van der Waals surface area contributed by atoms with Gasteiger partial charge in [0.25, 0.3) is 0 Å². The Balaban J connectivity index is 2.31. The van der Waals surface area contributed by atoms with Crippen molar-refractivity contribution in [3.05, 3.63) is 39.0 Å². The Morgan fingerprint density at radius 2 is 2.47 bits per heavy atom. The molecule has 2 heterocycles. The largest absolute Gasteiger partial charge is 0.380 e. The zero-order chi connectivity index (χ0) is 10.8. The molecular weight excluding hydrogens is 276 g/mol. The van der Waals surface area contributed by atoms with Crippen LogP contribution in [0.4, 0.5) is 0 Å². The van der Waals surface area contributed by atoms with Crippen LogP contribution in [-0.2, 0) is 6.54 Å². The third-order valence-electron chi connectivity index (χ3n) is 2.19. The first-order valence-corrected chi connectivity index (χ1v) is 6.32. The number of hydrogen-bond acceptors (Lipinski definition) is 3. The maximum atomic E-state index is 10.1. The molecule has 0 aliphatic heterocycles. The monoisotopic (exact) mass is 286 g/mol. The minimum Gasteiger partial charge on any atom is -0.380 e. The molecule has 1 unspecified atom stereocenters. The van der Waals surface area contributed by atoms with Crippen molar-refractivity contribution in [2.75, 3.05) is 0 Å². The number of thiophene rings is 1. The quantitative estimate of drug-likeness (QED) is 0.942. The van der Waals surface area contributed by atoms with Gasteiger partial charge >= 0.3 is 0 Å². The summed E-state index contributed by atoms with van der Waals surface area (Å²) in [6.07, 6.45) is 2.96. The Bertz CT molecular complexity index is 452. The summed E-state index contributed by atoms with van der Waals surface area (Å²) in [5, 5.41) is 12.1. The molecule has 0 aromatic carbocycles. The van der Waals surface area contributed by atoms with E-state index in [-0.39, 0.29) is 0 Å². The van der Waals surface area contributed by atoms with Crippen molar-refractivity contribution in [1.82, 2.24) is 9.55 Å². The third kappa shape index (κ3) is 2.14. The first-order valence-electron chi connectivity index (χ1n) is 4.65. The lowest BCUT2D eigenvalue weighted by Crippen LogP contribution is -2.07. The highest BCUT2D eigenvalue weighted by Crippen LogP contribution is 2.29. The average molecular weight is 287 g/mol. The summed E-state index contributed by atoms with van der Waals surface area (Å²) in [5.74, 6) is 0.701. The lowest BCUT2D eigenvalue weighted by molar-refractivity contribution is 0.208. The van der Waals surface area contributed by atoms with Crippen molar-refractivity contribution >= 4 is 27.3 Å². The molecule has 1 N–H and O–H groups in total. The molecule has 0 saturated carbocycles. The van der Waals surface area contributed by atoms with Crippen LogP contribution in [0, 0.1) is 0 Å². The summed E-state index contributed by atoms with van der Waals surface area (Å²) in [6, 6.07) is 1.92. The third-order valence-corrected chi connectivity index (χ3v) is 3.94. The summed E-state index contributed by atoms with van der Waals surface area (Å²) in [7, 11) is 0. The zero-order valence-electron chi connectivity index (χ0n) is 8.22. The highest BCUT2D eigenvalue weighted by atomic mass is 79.9. The number of nitrogens with zero attached hydrogens (tertiary/aromatic N) is 2. The van der Waals surface area contributed by atoms with Gasteiger partial charge in [0, 0.05) is 33.7 Å². The lowest BCUT2D eigenvalue weighted by Gasteiger charge is -2.09. The molecule has 80 valence electrons. The molecule has 0 saturated heterocycles. The van der Waals surface area contributed by atoms with Crippen molar-refractivity contribution < 1.29 is 5.11 Å². The van der Waals surface area contributed by atoms with Crippen molar-refractivity contribution in [1.29, 1.82) is 0 Å². The van der Waals surface area contributed by atoms with Crippen LogP contribution in [0.1, 0.15) is 23.7 Å². The van der Waals surface area contributed by atoms with Gasteiger partial charge in [-0.1, -0.05) is 0 Å². The topological polar surface area (TPSA) is 38.0 Å². The van der Waals surface area contributed by atoms with Gasteiger partial charge in [-0.2, -0.15) is 0 Å².